The first-order valence-electron chi connectivity index (χ1n) is 6.73. The van der Waals surface area contributed by atoms with Crippen LogP contribution in [-0.4, -0.2) is 16.9 Å². The number of hydrogen-bond acceptors (Lipinski definition) is 4. The van der Waals surface area contributed by atoms with E-state index in [9.17, 15) is 4.39 Å². The lowest BCUT2D eigenvalue weighted by atomic mass is 10.2. The molecular weight excluding hydrogens is 351 g/mol. The van der Waals surface area contributed by atoms with Gasteiger partial charge in [-0.1, -0.05) is 0 Å². The van der Waals surface area contributed by atoms with Gasteiger partial charge in [-0.25, -0.2) is 9.37 Å². The molecule has 0 fully saturated rings. The first-order chi connectivity index (χ1) is 10.6. The first kappa shape index (κ1) is 15.0. The van der Waals surface area contributed by atoms with Gasteiger partial charge in [-0.15, -0.1) is 0 Å². The van der Waals surface area contributed by atoms with E-state index in [1.807, 2.05) is 24.1 Å². The Morgan fingerprint density at radius 3 is 2.55 bits per heavy atom. The summed E-state index contributed by atoms with van der Waals surface area (Å²) in [6, 6.07) is 9.92. The quantitative estimate of drug-likeness (QED) is 0.669. The van der Waals surface area contributed by atoms with Crippen molar-refractivity contribution in [2.45, 2.75) is 13.1 Å². The van der Waals surface area contributed by atoms with Crippen LogP contribution in [0.15, 0.2) is 56.1 Å². The highest BCUT2D eigenvalue weighted by atomic mass is 79.9. The molecule has 2 heterocycles. The predicted molar refractivity (Wildman–Crippen MR) is 83.5 cm³/mol. The Balaban J connectivity index is 1.65. The van der Waals surface area contributed by atoms with E-state index < -0.39 is 0 Å². The summed E-state index contributed by atoms with van der Waals surface area (Å²) in [7, 11) is 1.96. The zero-order valence-electron chi connectivity index (χ0n) is 11.9. The Morgan fingerprint density at radius 2 is 1.86 bits per heavy atom. The highest BCUT2D eigenvalue weighted by Crippen LogP contribution is 2.21. The van der Waals surface area contributed by atoms with Gasteiger partial charge in [0.1, 0.15) is 11.6 Å². The molecule has 0 radical (unpaired) electrons. The molecule has 3 rings (SSSR count). The topological polar surface area (TPSA) is 42.4 Å². The molecule has 4 nitrogen and oxygen atoms in total. The molecule has 0 aliphatic carbocycles. The average molecular weight is 365 g/mol. The molecule has 3 aromatic rings. The molecule has 0 aliphatic rings. The van der Waals surface area contributed by atoms with Gasteiger partial charge < -0.3 is 8.83 Å². The van der Waals surface area contributed by atoms with Crippen molar-refractivity contribution in [1.82, 2.24) is 9.88 Å². The zero-order valence-corrected chi connectivity index (χ0v) is 13.5. The van der Waals surface area contributed by atoms with Crippen LogP contribution in [0.5, 0.6) is 0 Å². The highest BCUT2D eigenvalue weighted by Gasteiger charge is 2.11. The fraction of sp³-hybridized carbons (Fsp3) is 0.188. The van der Waals surface area contributed by atoms with Gasteiger partial charge in [-0.3, -0.25) is 4.90 Å². The van der Waals surface area contributed by atoms with Crippen LogP contribution in [0.4, 0.5) is 4.39 Å². The van der Waals surface area contributed by atoms with E-state index in [1.165, 1.54) is 12.1 Å². The van der Waals surface area contributed by atoms with Gasteiger partial charge >= 0.3 is 0 Å². The molecule has 6 heteroatoms. The molecule has 22 heavy (non-hydrogen) atoms. The fourth-order valence-corrected chi connectivity index (χ4v) is 2.46. The maximum absolute atomic E-state index is 12.9. The van der Waals surface area contributed by atoms with Gasteiger partial charge in [0, 0.05) is 5.56 Å². The van der Waals surface area contributed by atoms with Crippen molar-refractivity contribution in [1.29, 1.82) is 0 Å². The van der Waals surface area contributed by atoms with E-state index in [4.69, 9.17) is 8.83 Å². The third kappa shape index (κ3) is 3.64. The minimum Gasteiger partial charge on any atom is -0.453 e. The molecule has 0 atom stereocenters. The Bertz CT molecular complexity index is 752. The number of furan rings is 1. The maximum Gasteiger partial charge on any atom is 0.209 e. The molecule has 1 aromatic carbocycles. The lowest BCUT2D eigenvalue weighted by molar-refractivity contribution is 0.259. The minimum absolute atomic E-state index is 0.271. The normalized spacial score (nSPS) is 11.3. The van der Waals surface area contributed by atoms with Gasteiger partial charge in [0.2, 0.25) is 5.89 Å². The monoisotopic (exact) mass is 364 g/mol. The highest BCUT2D eigenvalue weighted by molar-refractivity contribution is 9.10. The van der Waals surface area contributed by atoms with Crippen LogP contribution >= 0.6 is 15.9 Å². The zero-order chi connectivity index (χ0) is 15.5. The van der Waals surface area contributed by atoms with Crippen molar-refractivity contribution in [3.8, 4) is 11.3 Å². The van der Waals surface area contributed by atoms with Crippen molar-refractivity contribution >= 4 is 15.9 Å². The average Bonchev–Trinajstić information content (AvgIpc) is 3.09. The Hall–Kier alpha value is -1.92. The third-order valence-corrected chi connectivity index (χ3v) is 3.57. The van der Waals surface area contributed by atoms with Crippen LogP contribution in [-0.2, 0) is 13.1 Å². The van der Waals surface area contributed by atoms with Crippen LogP contribution in [0.3, 0.4) is 0 Å². The molecule has 0 bridgehead atoms. The van der Waals surface area contributed by atoms with Crippen LogP contribution in [0.25, 0.3) is 11.3 Å². The van der Waals surface area contributed by atoms with Gasteiger partial charge in [0.15, 0.2) is 10.4 Å². The number of oxazole rings is 1. The Labute approximate surface area is 135 Å². The Kier molecular flexibility index (Phi) is 4.40. The van der Waals surface area contributed by atoms with Crippen molar-refractivity contribution in [2.24, 2.45) is 0 Å². The smallest absolute Gasteiger partial charge is 0.209 e. The third-order valence-electron chi connectivity index (χ3n) is 3.14. The second kappa shape index (κ2) is 6.46. The van der Waals surface area contributed by atoms with E-state index in [2.05, 4.69) is 20.9 Å². The molecule has 0 saturated heterocycles. The molecule has 0 spiro atoms. The summed E-state index contributed by atoms with van der Waals surface area (Å²) in [5, 5.41) is 0. The van der Waals surface area contributed by atoms with Gasteiger partial charge in [-0.05, 0) is 59.4 Å². The summed E-state index contributed by atoms with van der Waals surface area (Å²) < 4.78 is 24.8. The van der Waals surface area contributed by atoms with E-state index in [0.717, 1.165) is 11.3 Å². The second-order valence-electron chi connectivity index (χ2n) is 5.00. The van der Waals surface area contributed by atoms with Crippen molar-refractivity contribution < 1.29 is 13.2 Å². The lowest BCUT2D eigenvalue weighted by Crippen LogP contribution is -2.16. The number of hydrogen-bond donors (Lipinski definition) is 0. The van der Waals surface area contributed by atoms with E-state index in [0.29, 0.717) is 29.4 Å². The summed E-state index contributed by atoms with van der Waals surface area (Å²) in [5.41, 5.74) is 0.803. The van der Waals surface area contributed by atoms with Crippen molar-refractivity contribution in [3.05, 3.63) is 64.7 Å². The number of nitrogens with zero attached hydrogens (tertiary/aromatic N) is 2. The SMILES string of the molecule is CN(Cc1ccc(Br)o1)Cc1ncc(-c2ccc(F)cc2)o1. The van der Waals surface area contributed by atoms with Gasteiger partial charge in [0.05, 0.1) is 19.3 Å². The summed E-state index contributed by atoms with van der Waals surface area (Å²) in [6.45, 7) is 1.21. The predicted octanol–water partition coefficient (Wildman–Crippen LogP) is 4.47. The van der Waals surface area contributed by atoms with Gasteiger partial charge in [0.25, 0.3) is 0 Å². The molecular formula is C16H14BrFN2O2. The summed E-state index contributed by atoms with van der Waals surface area (Å²) in [6.07, 6.45) is 1.65. The largest absolute Gasteiger partial charge is 0.453 e. The van der Waals surface area contributed by atoms with E-state index >= 15 is 0 Å². The number of rotatable bonds is 5. The molecule has 0 N–H and O–H groups in total. The van der Waals surface area contributed by atoms with Crippen molar-refractivity contribution in [3.63, 3.8) is 0 Å². The van der Waals surface area contributed by atoms with Crippen LogP contribution in [0, 0.1) is 5.82 Å². The fourth-order valence-electron chi connectivity index (χ4n) is 2.12. The van der Waals surface area contributed by atoms with Crippen molar-refractivity contribution in [2.75, 3.05) is 7.05 Å². The number of benzene rings is 1. The molecule has 2 aromatic heterocycles. The standard InChI is InChI=1S/C16H14BrFN2O2/c1-20(9-13-6-7-15(17)21-13)10-16-19-8-14(22-16)11-2-4-12(18)5-3-11/h2-8H,9-10H2,1H3. The molecule has 0 amide bonds. The van der Waals surface area contributed by atoms with Gasteiger partial charge in [-0.2, -0.15) is 0 Å². The number of halogens is 2. The van der Waals surface area contributed by atoms with Crippen LogP contribution in [0.2, 0.25) is 0 Å². The molecule has 0 saturated carbocycles. The minimum atomic E-state index is -0.271. The van der Waals surface area contributed by atoms with E-state index in [1.54, 1.807) is 18.3 Å². The van der Waals surface area contributed by atoms with Crippen LogP contribution in [0.1, 0.15) is 11.7 Å². The lowest BCUT2D eigenvalue weighted by Gasteiger charge is -2.12. The Morgan fingerprint density at radius 1 is 1.09 bits per heavy atom. The molecule has 0 aliphatic heterocycles. The number of aromatic nitrogens is 1. The first-order valence-corrected chi connectivity index (χ1v) is 7.53. The summed E-state index contributed by atoms with van der Waals surface area (Å²) >= 11 is 3.28. The second-order valence-corrected chi connectivity index (χ2v) is 5.78. The molecule has 114 valence electrons. The molecule has 0 unspecified atom stereocenters. The summed E-state index contributed by atoms with van der Waals surface area (Å²) in [5.74, 6) is 1.82. The maximum atomic E-state index is 12.9. The summed E-state index contributed by atoms with van der Waals surface area (Å²) in [4.78, 5) is 6.29. The van der Waals surface area contributed by atoms with Crippen LogP contribution < -0.4 is 0 Å². The van der Waals surface area contributed by atoms with E-state index in [-0.39, 0.29) is 5.82 Å².